The van der Waals surface area contributed by atoms with Crippen LogP contribution in [0.15, 0.2) is 48.5 Å². The van der Waals surface area contributed by atoms with Crippen LogP contribution in [-0.4, -0.2) is 53.1 Å². The van der Waals surface area contributed by atoms with Gasteiger partial charge in [-0.3, -0.25) is 4.84 Å². The maximum absolute atomic E-state index is 13.0. The van der Waals surface area contributed by atoms with Crippen molar-refractivity contribution in [2.45, 2.75) is 17.7 Å². The molecule has 28 heavy (non-hydrogen) atoms. The van der Waals surface area contributed by atoms with E-state index in [1.54, 1.807) is 32.4 Å². The van der Waals surface area contributed by atoms with Gasteiger partial charge in [0, 0.05) is 19.7 Å². The van der Waals surface area contributed by atoms with E-state index >= 15 is 0 Å². The van der Waals surface area contributed by atoms with E-state index in [1.807, 2.05) is 42.5 Å². The molecule has 0 amide bonds. The molecule has 2 aromatic carbocycles. The minimum atomic E-state index is -3.60. The molecule has 0 aromatic heterocycles. The van der Waals surface area contributed by atoms with E-state index < -0.39 is 21.3 Å². The van der Waals surface area contributed by atoms with E-state index in [9.17, 15) is 8.42 Å². The van der Waals surface area contributed by atoms with Gasteiger partial charge in [0.05, 0.1) is 26.9 Å². The Balaban J connectivity index is 1.78. The van der Waals surface area contributed by atoms with Gasteiger partial charge in [-0.05, 0) is 29.7 Å². The number of hydroxylamine groups is 2. The van der Waals surface area contributed by atoms with Gasteiger partial charge in [0.2, 0.25) is 10.0 Å². The Kier molecular flexibility index (Phi) is 6.56. The number of ether oxygens (including phenoxy) is 2. The van der Waals surface area contributed by atoms with Crippen molar-refractivity contribution in [3.8, 4) is 11.5 Å². The van der Waals surface area contributed by atoms with Crippen molar-refractivity contribution in [2.75, 3.05) is 34.4 Å². The van der Waals surface area contributed by atoms with Crippen molar-refractivity contribution in [1.82, 2.24) is 9.79 Å². The lowest BCUT2D eigenvalue weighted by molar-refractivity contribution is -0.110. The fourth-order valence-corrected chi connectivity index (χ4v) is 4.88. The summed E-state index contributed by atoms with van der Waals surface area (Å²) in [7, 11) is 1.26. The predicted octanol–water partition coefficient (Wildman–Crippen LogP) is 2.15. The van der Waals surface area contributed by atoms with Gasteiger partial charge >= 0.3 is 0 Å². The van der Waals surface area contributed by atoms with Crippen molar-refractivity contribution in [2.24, 2.45) is 0 Å². The van der Waals surface area contributed by atoms with Crippen LogP contribution < -0.4 is 14.2 Å². The molecule has 0 saturated carbocycles. The van der Waals surface area contributed by atoms with Gasteiger partial charge in [-0.15, -0.1) is 0 Å². The van der Waals surface area contributed by atoms with Gasteiger partial charge in [0.15, 0.2) is 0 Å². The molecule has 1 aliphatic rings. The largest absolute Gasteiger partial charge is 0.497 e. The van der Waals surface area contributed by atoms with Gasteiger partial charge < -0.3 is 9.47 Å². The molecule has 0 bridgehead atoms. The predicted molar refractivity (Wildman–Crippen MR) is 107 cm³/mol. The van der Waals surface area contributed by atoms with Crippen LogP contribution in [0.4, 0.5) is 0 Å². The Morgan fingerprint density at radius 2 is 1.75 bits per heavy atom. The number of hydrogen-bond donors (Lipinski definition) is 1. The van der Waals surface area contributed by atoms with Crippen LogP contribution >= 0.6 is 0 Å². The molecule has 0 aliphatic carbocycles. The first-order chi connectivity index (χ1) is 13.4. The summed E-state index contributed by atoms with van der Waals surface area (Å²) in [6.45, 7) is 0.419. The summed E-state index contributed by atoms with van der Waals surface area (Å²) in [6, 6.07) is 14.7. The van der Waals surface area contributed by atoms with Crippen LogP contribution in [0.1, 0.15) is 17.2 Å². The zero-order valence-corrected chi connectivity index (χ0v) is 17.1. The number of nitrogens with one attached hydrogen (secondary N) is 1. The van der Waals surface area contributed by atoms with Crippen molar-refractivity contribution in [1.29, 1.82) is 0 Å². The topological polar surface area (TPSA) is 77.1 Å². The molecule has 1 saturated heterocycles. The van der Waals surface area contributed by atoms with Crippen LogP contribution in [0.2, 0.25) is 0 Å². The van der Waals surface area contributed by atoms with E-state index in [1.165, 1.54) is 0 Å². The Labute approximate surface area is 166 Å². The van der Waals surface area contributed by atoms with Crippen LogP contribution in [0.25, 0.3) is 0 Å². The third-order valence-corrected chi connectivity index (χ3v) is 6.66. The fourth-order valence-electron chi connectivity index (χ4n) is 3.37. The van der Waals surface area contributed by atoms with E-state index in [2.05, 4.69) is 4.72 Å². The van der Waals surface area contributed by atoms with Gasteiger partial charge in [-0.2, -0.15) is 5.06 Å². The number of rotatable bonds is 8. The SMILES string of the molecule is COc1cc(OC)cc([C@H]2[C@@H](S(=O)(=O)NCCc3ccccc3)CON2C)c1. The summed E-state index contributed by atoms with van der Waals surface area (Å²) in [5, 5.41) is 0.833. The minimum absolute atomic E-state index is 0.0847. The smallest absolute Gasteiger partial charge is 0.218 e. The molecule has 0 unspecified atom stereocenters. The van der Waals surface area contributed by atoms with Crippen LogP contribution in [0, 0.1) is 0 Å². The van der Waals surface area contributed by atoms with Crippen molar-refractivity contribution < 1.29 is 22.7 Å². The molecule has 2 atom stereocenters. The molecule has 1 aliphatic heterocycles. The lowest BCUT2D eigenvalue weighted by atomic mass is 10.0. The van der Waals surface area contributed by atoms with E-state index in [0.717, 1.165) is 11.1 Å². The molecule has 1 N–H and O–H groups in total. The Morgan fingerprint density at radius 1 is 1.11 bits per heavy atom. The number of benzene rings is 2. The molecule has 2 aromatic rings. The molecule has 3 rings (SSSR count). The van der Waals surface area contributed by atoms with E-state index in [4.69, 9.17) is 14.3 Å². The number of methoxy groups -OCH3 is 2. The molecule has 7 nitrogen and oxygen atoms in total. The second-order valence-electron chi connectivity index (χ2n) is 6.65. The van der Waals surface area contributed by atoms with Gasteiger partial charge in [0.1, 0.15) is 16.7 Å². The van der Waals surface area contributed by atoms with E-state index in [0.29, 0.717) is 24.5 Å². The van der Waals surface area contributed by atoms with Crippen molar-refractivity contribution >= 4 is 10.0 Å². The highest BCUT2D eigenvalue weighted by atomic mass is 32.2. The average Bonchev–Trinajstić information content (AvgIpc) is 3.10. The van der Waals surface area contributed by atoms with Crippen LogP contribution in [0.5, 0.6) is 11.5 Å². The van der Waals surface area contributed by atoms with Gasteiger partial charge in [-0.1, -0.05) is 30.3 Å². The summed E-state index contributed by atoms with van der Waals surface area (Å²) >= 11 is 0. The first-order valence-corrected chi connectivity index (χ1v) is 10.6. The van der Waals surface area contributed by atoms with Crippen LogP contribution in [-0.2, 0) is 21.3 Å². The summed E-state index contributed by atoms with van der Waals surface area (Å²) < 4.78 is 39.3. The summed E-state index contributed by atoms with van der Waals surface area (Å²) in [4.78, 5) is 5.56. The van der Waals surface area contributed by atoms with E-state index in [-0.39, 0.29) is 6.61 Å². The van der Waals surface area contributed by atoms with Crippen molar-refractivity contribution in [3.05, 3.63) is 59.7 Å². The molecule has 1 heterocycles. The number of sulfonamides is 1. The maximum atomic E-state index is 13.0. The monoisotopic (exact) mass is 406 g/mol. The molecule has 0 radical (unpaired) electrons. The first-order valence-electron chi connectivity index (χ1n) is 9.05. The second kappa shape index (κ2) is 8.91. The normalized spacial score (nSPS) is 20.2. The quantitative estimate of drug-likeness (QED) is 0.724. The summed E-state index contributed by atoms with van der Waals surface area (Å²) in [5.74, 6) is 1.20. The Bertz CT molecular complexity index is 866. The minimum Gasteiger partial charge on any atom is -0.497 e. The lowest BCUT2D eigenvalue weighted by Crippen LogP contribution is -2.40. The Morgan fingerprint density at radius 3 is 2.36 bits per heavy atom. The molecule has 152 valence electrons. The molecule has 8 heteroatoms. The molecule has 0 spiro atoms. The number of hydrogen-bond acceptors (Lipinski definition) is 6. The van der Waals surface area contributed by atoms with Gasteiger partial charge in [-0.25, -0.2) is 13.1 Å². The highest BCUT2D eigenvalue weighted by Crippen LogP contribution is 2.36. The average molecular weight is 407 g/mol. The van der Waals surface area contributed by atoms with Crippen molar-refractivity contribution in [3.63, 3.8) is 0 Å². The second-order valence-corrected chi connectivity index (χ2v) is 8.63. The third kappa shape index (κ3) is 4.64. The Hall–Kier alpha value is -2.13. The van der Waals surface area contributed by atoms with Gasteiger partial charge in [0.25, 0.3) is 0 Å². The summed E-state index contributed by atoms with van der Waals surface area (Å²) in [6.07, 6.45) is 0.626. The maximum Gasteiger partial charge on any atom is 0.218 e. The molecular formula is C20H26N2O5S. The zero-order chi connectivity index (χ0) is 20.1. The highest BCUT2D eigenvalue weighted by Gasteiger charge is 2.43. The number of nitrogens with zero attached hydrogens (tertiary/aromatic N) is 1. The standard InChI is InChI=1S/C20H26N2O5S/c1-22-20(16-11-17(25-2)13-18(12-16)26-3)19(14-27-22)28(23,24)21-10-9-15-7-5-4-6-8-15/h4-8,11-13,19-21H,9-10,14H2,1-3H3/t19-,20-/m0/s1. The fraction of sp³-hybridized carbons (Fsp3) is 0.400. The lowest BCUT2D eigenvalue weighted by Gasteiger charge is -2.24. The molecular weight excluding hydrogens is 380 g/mol. The zero-order valence-electron chi connectivity index (χ0n) is 16.3. The summed E-state index contributed by atoms with van der Waals surface area (Å²) in [5.41, 5.74) is 1.84. The first kappa shape index (κ1) is 20.6. The third-order valence-electron chi connectivity index (χ3n) is 4.86. The van der Waals surface area contributed by atoms with Crippen LogP contribution in [0.3, 0.4) is 0 Å². The molecule has 1 fully saturated rings. The highest BCUT2D eigenvalue weighted by molar-refractivity contribution is 7.90.